The van der Waals surface area contributed by atoms with Gasteiger partial charge in [0.25, 0.3) is 5.91 Å². The molecule has 2 aromatic rings. The number of hydrogen-bond acceptors (Lipinski definition) is 5. The predicted octanol–water partition coefficient (Wildman–Crippen LogP) is 3.27. The Labute approximate surface area is 171 Å². The Kier molecular flexibility index (Phi) is 8.03. The maximum Gasteiger partial charge on any atom is 0.341 e. The standard InChI is InChI=1S/C20H23N3O4.C2H6/c1-13-10-17(27-12-19(24)25)6-7-18(13)22-20(26)14-2-4-16(5-3-14)23-9-8-15(21)11-23;1-2/h2-7,10,15H,8-9,11-12,21H2,1H3,(H,22,26)(H,24,25);1-2H3/t15-;/m1./s1. The lowest BCUT2D eigenvalue weighted by Crippen LogP contribution is -2.26. The van der Waals surface area contributed by atoms with Crippen molar-refractivity contribution in [2.24, 2.45) is 5.73 Å². The maximum atomic E-state index is 12.5. The summed E-state index contributed by atoms with van der Waals surface area (Å²) < 4.78 is 5.14. The van der Waals surface area contributed by atoms with E-state index >= 15 is 0 Å². The first-order chi connectivity index (χ1) is 13.9. The van der Waals surface area contributed by atoms with E-state index in [2.05, 4.69) is 10.2 Å². The van der Waals surface area contributed by atoms with E-state index in [1.54, 1.807) is 30.3 Å². The van der Waals surface area contributed by atoms with Crippen molar-refractivity contribution in [2.75, 3.05) is 29.9 Å². The topological polar surface area (TPSA) is 105 Å². The normalized spacial score (nSPS) is 15.3. The van der Waals surface area contributed by atoms with Crippen LogP contribution in [0, 0.1) is 6.92 Å². The van der Waals surface area contributed by atoms with Gasteiger partial charge in [-0.1, -0.05) is 13.8 Å². The number of carboxylic acid groups (broad SMARTS) is 1. The lowest BCUT2D eigenvalue weighted by molar-refractivity contribution is -0.139. The fraction of sp³-hybridized carbons (Fsp3) is 0.364. The molecule has 0 spiro atoms. The van der Waals surface area contributed by atoms with E-state index in [0.29, 0.717) is 17.0 Å². The van der Waals surface area contributed by atoms with Crippen molar-refractivity contribution in [1.82, 2.24) is 0 Å². The summed E-state index contributed by atoms with van der Waals surface area (Å²) in [4.78, 5) is 25.3. The first-order valence-corrected chi connectivity index (χ1v) is 9.79. The number of carbonyl (C=O) groups is 2. The molecule has 1 fully saturated rings. The summed E-state index contributed by atoms with van der Waals surface area (Å²) >= 11 is 0. The van der Waals surface area contributed by atoms with Crippen molar-refractivity contribution in [3.05, 3.63) is 53.6 Å². The number of carbonyl (C=O) groups excluding carboxylic acids is 1. The average Bonchev–Trinajstić information content (AvgIpc) is 3.16. The first-order valence-electron chi connectivity index (χ1n) is 9.79. The van der Waals surface area contributed by atoms with Gasteiger partial charge >= 0.3 is 5.97 Å². The molecule has 0 aromatic heterocycles. The van der Waals surface area contributed by atoms with Crippen LogP contribution in [0.15, 0.2) is 42.5 Å². The van der Waals surface area contributed by atoms with Gasteiger partial charge in [-0.15, -0.1) is 0 Å². The Bertz CT molecular complexity index is 836. The van der Waals surface area contributed by atoms with Crippen molar-refractivity contribution < 1.29 is 19.4 Å². The number of anilines is 2. The molecule has 1 heterocycles. The lowest BCUT2D eigenvalue weighted by atomic mass is 10.1. The molecule has 7 heteroatoms. The van der Waals surface area contributed by atoms with E-state index < -0.39 is 12.6 Å². The van der Waals surface area contributed by atoms with Crippen LogP contribution in [0.4, 0.5) is 11.4 Å². The van der Waals surface area contributed by atoms with Crippen molar-refractivity contribution in [3.8, 4) is 5.75 Å². The van der Waals surface area contributed by atoms with Crippen LogP contribution in [0.3, 0.4) is 0 Å². The van der Waals surface area contributed by atoms with Crippen molar-refractivity contribution in [3.63, 3.8) is 0 Å². The number of nitrogens with two attached hydrogens (primary N) is 1. The number of benzene rings is 2. The molecule has 1 aliphatic heterocycles. The zero-order chi connectivity index (χ0) is 21.4. The van der Waals surface area contributed by atoms with Crippen LogP contribution in [0.5, 0.6) is 5.75 Å². The fourth-order valence-electron chi connectivity index (χ4n) is 3.05. The number of amides is 1. The summed E-state index contributed by atoms with van der Waals surface area (Å²) in [5.74, 6) is -0.799. The third-order valence-corrected chi connectivity index (χ3v) is 4.53. The highest BCUT2D eigenvalue weighted by molar-refractivity contribution is 6.04. The number of carboxylic acids is 1. The van der Waals surface area contributed by atoms with E-state index in [0.717, 1.165) is 30.8 Å². The quantitative estimate of drug-likeness (QED) is 0.689. The van der Waals surface area contributed by atoms with E-state index in [1.807, 2.05) is 32.9 Å². The van der Waals surface area contributed by atoms with Crippen LogP contribution < -0.4 is 20.7 Å². The Balaban J connectivity index is 0.00000145. The number of nitrogens with zero attached hydrogens (tertiary/aromatic N) is 1. The van der Waals surface area contributed by atoms with Crippen molar-refractivity contribution in [2.45, 2.75) is 33.2 Å². The molecular weight excluding hydrogens is 370 g/mol. The summed E-state index contributed by atoms with van der Waals surface area (Å²) in [5, 5.41) is 11.5. The number of nitrogens with one attached hydrogen (secondary N) is 1. The smallest absolute Gasteiger partial charge is 0.341 e. The Morgan fingerprint density at radius 2 is 1.90 bits per heavy atom. The van der Waals surface area contributed by atoms with E-state index in [9.17, 15) is 9.59 Å². The van der Waals surface area contributed by atoms with E-state index in [1.165, 1.54) is 0 Å². The summed E-state index contributed by atoms with van der Waals surface area (Å²) in [7, 11) is 0. The van der Waals surface area contributed by atoms with Crippen LogP contribution in [-0.2, 0) is 4.79 Å². The van der Waals surface area contributed by atoms with Crippen LogP contribution in [0.25, 0.3) is 0 Å². The molecule has 0 bridgehead atoms. The van der Waals surface area contributed by atoms with Gasteiger partial charge in [0.2, 0.25) is 0 Å². The Hall–Kier alpha value is -3.06. The second kappa shape index (κ2) is 10.5. The molecule has 1 aliphatic rings. The maximum absolute atomic E-state index is 12.5. The Morgan fingerprint density at radius 1 is 1.21 bits per heavy atom. The van der Waals surface area contributed by atoms with Crippen LogP contribution in [-0.4, -0.2) is 42.7 Å². The predicted molar refractivity (Wildman–Crippen MR) is 115 cm³/mol. The summed E-state index contributed by atoms with van der Waals surface area (Å²) in [6.07, 6.45) is 0.980. The molecule has 1 saturated heterocycles. The third kappa shape index (κ3) is 6.22. The SMILES string of the molecule is CC.Cc1cc(OCC(=O)O)ccc1NC(=O)c1ccc(N2CC[C@@H](N)C2)cc1. The number of ether oxygens (including phenoxy) is 1. The van der Waals surface area contributed by atoms with E-state index in [4.69, 9.17) is 15.6 Å². The zero-order valence-electron chi connectivity index (χ0n) is 17.1. The molecule has 7 nitrogen and oxygen atoms in total. The number of aryl methyl sites for hydroxylation is 1. The molecule has 1 atom stereocenters. The van der Waals surface area contributed by atoms with E-state index in [-0.39, 0.29) is 11.9 Å². The monoisotopic (exact) mass is 399 g/mol. The van der Waals surface area contributed by atoms with Gasteiger partial charge < -0.3 is 25.8 Å². The number of aliphatic carboxylic acids is 1. The lowest BCUT2D eigenvalue weighted by Gasteiger charge is -2.18. The minimum Gasteiger partial charge on any atom is -0.482 e. The van der Waals surface area contributed by atoms with Gasteiger partial charge in [0.1, 0.15) is 5.75 Å². The highest BCUT2D eigenvalue weighted by atomic mass is 16.5. The summed E-state index contributed by atoms with van der Waals surface area (Å²) in [6.45, 7) is 7.19. The molecule has 0 aliphatic carbocycles. The van der Waals surface area contributed by atoms with Gasteiger partial charge in [0.05, 0.1) is 0 Å². The largest absolute Gasteiger partial charge is 0.482 e. The Morgan fingerprint density at radius 3 is 2.45 bits per heavy atom. The second-order valence-corrected chi connectivity index (χ2v) is 6.65. The molecule has 0 unspecified atom stereocenters. The van der Waals surface area contributed by atoms with Gasteiger partial charge in [-0.3, -0.25) is 4.79 Å². The first kappa shape index (κ1) is 22.2. The molecule has 29 heavy (non-hydrogen) atoms. The molecule has 156 valence electrons. The fourth-order valence-corrected chi connectivity index (χ4v) is 3.05. The molecule has 2 aromatic carbocycles. The zero-order valence-corrected chi connectivity index (χ0v) is 17.1. The van der Waals surface area contributed by atoms with Gasteiger partial charge in [-0.05, 0) is 61.4 Å². The second-order valence-electron chi connectivity index (χ2n) is 6.65. The van der Waals surface area contributed by atoms with Gasteiger partial charge in [0.15, 0.2) is 6.61 Å². The third-order valence-electron chi connectivity index (χ3n) is 4.53. The minimum absolute atomic E-state index is 0.207. The van der Waals surface area contributed by atoms with Gasteiger partial charge in [0, 0.05) is 36.1 Å². The summed E-state index contributed by atoms with van der Waals surface area (Å²) in [6, 6.07) is 12.7. The van der Waals surface area contributed by atoms with Crippen molar-refractivity contribution >= 4 is 23.3 Å². The highest BCUT2D eigenvalue weighted by Crippen LogP contribution is 2.23. The van der Waals surface area contributed by atoms with Gasteiger partial charge in [-0.2, -0.15) is 0 Å². The highest BCUT2D eigenvalue weighted by Gasteiger charge is 2.19. The van der Waals surface area contributed by atoms with Crippen molar-refractivity contribution in [1.29, 1.82) is 0 Å². The average molecular weight is 399 g/mol. The molecule has 1 amide bonds. The molecule has 0 saturated carbocycles. The molecule has 3 rings (SSSR count). The number of hydrogen-bond donors (Lipinski definition) is 3. The number of rotatable bonds is 6. The molecular formula is C22H29N3O4. The van der Waals surface area contributed by atoms with Crippen LogP contribution >= 0.6 is 0 Å². The van der Waals surface area contributed by atoms with Crippen LogP contribution in [0.2, 0.25) is 0 Å². The van der Waals surface area contributed by atoms with Gasteiger partial charge in [-0.25, -0.2) is 4.79 Å². The van der Waals surface area contributed by atoms with Crippen LogP contribution in [0.1, 0.15) is 36.2 Å². The molecule has 4 N–H and O–H groups in total. The minimum atomic E-state index is -1.04. The summed E-state index contributed by atoms with van der Waals surface area (Å²) in [5.41, 5.74) is 9.01. The molecule has 0 radical (unpaired) electrons.